The van der Waals surface area contributed by atoms with E-state index in [2.05, 4.69) is 44.0 Å². The normalized spacial score (nSPS) is 35.6. The summed E-state index contributed by atoms with van der Waals surface area (Å²) in [6.45, 7) is 12.1. The highest BCUT2D eigenvalue weighted by Gasteiger charge is 2.47. The second-order valence-corrected chi connectivity index (χ2v) is 6.88. The Balaban J connectivity index is 2.09. The van der Waals surface area contributed by atoms with Crippen molar-refractivity contribution >= 4 is 0 Å². The number of nitrogens with zero attached hydrogens (tertiary/aromatic N) is 2. The Morgan fingerprint density at radius 2 is 2.00 bits per heavy atom. The van der Waals surface area contributed by atoms with Crippen molar-refractivity contribution in [2.45, 2.75) is 58.5 Å². The number of piperidine rings is 1. The molecule has 1 saturated carbocycles. The molecule has 1 aliphatic carbocycles. The Bertz CT molecular complexity index is 344. The molecule has 108 valence electrons. The molecule has 1 saturated heterocycles. The summed E-state index contributed by atoms with van der Waals surface area (Å²) in [7, 11) is 0. The molecule has 3 heteroatoms. The monoisotopic (exact) mass is 263 g/mol. The highest BCUT2D eigenvalue weighted by molar-refractivity contribution is 5.17. The third-order valence-electron chi connectivity index (χ3n) is 5.14. The largest absolute Gasteiger partial charge is 0.298 e. The Kier molecular flexibility index (Phi) is 4.53. The van der Waals surface area contributed by atoms with Crippen molar-refractivity contribution in [2.75, 3.05) is 19.6 Å². The third-order valence-corrected chi connectivity index (χ3v) is 5.14. The molecule has 1 heterocycles. The summed E-state index contributed by atoms with van der Waals surface area (Å²) in [6, 6.07) is 3.22. The Hall–Kier alpha value is -0.590. The van der Waals surface area contributed by atoms with Crippen molar-refractivity contribution in [3.8, 4) is 6.07 Å². The van der Waals surface area contributed by atoms with Gasteiger partial charge in [0, 0.05) is 19.1 Å². The van der Waals surface area contributed by atoms with E-state index in [4.69, 9.17) is 0 Å². The molecule has 0 aromatic rings. The number of hydrogen-bond acceptors (Lipinski definition) is 3. The molecule has 2 aliphatic rings. The number of nitriles is 1. The number of likely N-dealkylation sites (tertiary alicyclic amines) is 1. The predicted molar refractivity (Wildman–Crippen MR) is 78.7 cm³/mol. The fraction of sp³-hybridized carbons (Fsp3) is 0.938. The maximum atomic E-state index is 9.73. The lowest BCUT2D eigenvalue weighted by Gasteiger charge is -2.44. The van der Waals surface area contributed by atoms with Crippen LogP contribution in [0.2, 0.25) is 0 Å². The first kappa shape index (κ1) is 14.8. The highest BCUT2D eigenvalue weighted by Crippen LogP contribution is 2.41. The van der Waals surface area contributed by atoms with Crippen LogP contribution in [0.4, 0.5) is 0 Å². The van der Waals surface area contributed by atoms with Crippen molar-refractivity contribution in [3.05, 3.63) is 0 Å². The van der Waals surface area contributed by atoms with Gasteiger partial charge in [-0.05, 0) is 50.5 Å². The van der Waals surface area contributed by atoms with Gasteiger partial charge in [0.2, 0.25) is 0 Å². The summed E-state index contributed by atoms with van der Waals surface area (Å²) < 4.78 is 0. The lowest BCUT2D eigenvalue weighted by molar-refractivity contribution is 0.0565. The van der Waals surface area contributed by atoms with Gasteiger partial charge in [0.05, 0.1) is 6.07 Å². The zero-order valence-corrected chi connectivity index (χ0v) is 12.9. The van der Waals surface area contributed by atoms with Gasteiger partial charge in [0.25, 0.3) is 0 Å². The van der Waals surface area contributed by atoms with Gasteiger partial charge in [-0.2, -0.15) is 5.26 Å². The molecule has 4 unspecified atom stereocenters. The van der Waals surface area contributed by atoms with E-state index >= 15 is 0 Å². The minimum atomic E-state index is -0.306. The quantitative estimate of drug-likeness (QED) is 0.829. The lowest BCUT2D eigenvalue weighted by atomic mass is 9.84. The Labute approximate surface area is 118 Å². The molecule has 0 bridgehead atoms. The van der Waals surface area contributed by atoms with Gasteiger partial charge in [-0.15, -0.1) is 0 Å². The smallest absolute Gasteiger partial charge is 0.122 e. The van der Waals surface area contributed by atoms with Crippen molar-refractivity contribution in [1.82, 2.24) is 10.2 Å². The van der Waals surface area contributed by atoms with E-state index in [1.807, 2.05) is 0 Å². The van der Waals surface area contributed by atoms with Crippen LogP contribution < -0.4 is 5.32 Å². The van der Waals surface area contributed by atoms with E-state index in [0.717, 1.165) is 31.5 Å². The summed E-state index contributed by atoms with van der Waals surface area (Å²) in [5.41, 5.74) is -0.306. The zero-order valence-electron chi connectivity index (χ0n) is 12.9. The molecule has 0 aromatic carbocycles. The van der Waals surface area contributed by atoms with Crippen LogP contribution in [0, 0.1) is 29.1 Å². The fourth-order valence-electron chi connectivity index (χ4n) is 3.75. The molecule has 0 amide bonds. The first-order chi connectivity index (χ1) is 9.02. The van der Waals surface area contributed by atoms with Gasteiger partial charge in [0.15, 0.2) is 0 Å². The molecule has 0 spiro atoms. The van der Waals surface area contributed by atoms with E-state index in [-0.39, 0.29) is 5.54 Å². The maximum absolute atomic E-state index is 9.73. The van der Waals surface area contributed by atoms with Gasteiger partial charge >= 0.3 is 0 Å². The standard InChI is InChI=1S/C16H29N3/c1-5-18-16(10-17,15-6-7-15)11-19-9-12(2)8-13(3)14(19)4/h12-15,18H,5-9,11H2,1-4H3. The second-order valence-electron chi connectivity index (χ2n) is 6.88. The summed E-state index contributed by atoms with van der Waals surface area (Å²) in [5.74, 6) is 2.06. The van der Waals surface area contributed by atoms with Crippen molar-refractivity contribution in [2.24, 2.45) is 17.8 Å². The van der Waals surface area contributed by atoms with Crippen LogP contribution >= 0.6 is 0 Å². The number of likely N-dealkylation sites (N-methyl/N-ethyl adjacent to an activating group) is 1. The van der Waals surface area contributed by atoms with E-state index < -0.39 is 0 Å². The van der Waals surface area contributed by atoms with E-state index in [0.29, 0.717) is 12.0 Å². The first-order valence-electron chi connectivity index (χ1n) is 7.92. The summed E-state index contributed by atoms with van der Waals surface area (Å²) >= 11 is 0. The molecular weight excluding hydrogens is 234 g/mol. The molecule has 2 fully saturated rings. The molecule has 0 radical (unpaired) electrons. The van der Waals surface area contributed by atoms with E-state index in [9.17, 15) is 5.26 Å². The van der Waals surface area contributed by atoms with Crippen LogP contribution in [0.25, 0.3) is 0 Å². The van der Waals surface area contributed by atoms with Gasteiger partial charge in [0.1, 0.15) is 5.54 Å². The Morgan fingerprint density at radius 3 is 2.53 bits per heavy atom. The number of hydrogen-bond donors (Lipinski definition) is 1. The summed E-state index contributed by atoms with van der Waals surface area (Å²) in [6.07, 6.45) is 3.75. The minimum absolute atomic E-state index is 0.306. The van der Waals surface area contributed by atoms with Crippen molar-refractivity contribution in [3.63, 3.8) is 0 Å². The zero-order chi connectivity index (χ0) is 14.0. The topological polar surface area (TPSA) is 39.1 Å². The fourth-order valence-corrected chi connectivity index (χ4v) is 3.75. The molecule has 3 nitrogen and oxygen atoms in total. The van der Waals surface area contributed by atoms with Crippen LogP contribution in [0.1, 0.15) is 47.0 Å². The van der Waals surface area contributed by atoms with Gasteiger partial charge in [-0.1, -0.05) is 20.8 Å². The second kappa shape index (κ2) is 5.81. The third kappa shape index (κ3) is 3.12. The summed E-state index contributed by atoms with van der Waals surface area (Å²) in [5, 5.41) is 13.2. The highest BCUT2D eigenvalue weighted by atomic mass is 15.2. The van der Waals surface area contributed by atoms with Crippen LogP contribution in [0.3, 0.4) is 0 Å². The van der Waals surface area contributed by atoms with Crippen LogP contribution in [0.15, 0.2) is 0 Å². The van der Waals surface area contributed by atoms with E-state index in [1.54, 1.807) is 0 Å². The average molecular weight is 263 g/mol. The van der Waals surface area contributed by atoms with Gasteiger partial charge in [-0.25, -0.2) is 0 Å². The molecule has 0 aromatic heterocycles. The molecular formula is C16H29N3. The molecule has 1 N–H and O–H groups in total. The van der Waals surface area contributed by atoms with Crippen LogP contribution in [0.5, 0.6) is 0 Å². The predicted octanol–water partition coefficient (Wildman–Crippen LogP) is 2.63. The van der Waals surface area contributed by atoms with Gasteiger partial charge in [-0.3, -0.25) is 10.2 Å². The van der Waals surface area contributed by atoms with E-state index in [1.165, 1.54) is 19.3 Å². The summed E-state index contributed by atoms with van der Waals surface area (Å²) in [4.78, 5) is 2.56. The van der Waals surface area contributed by atoms with Gasteiger partial charge < -0.3 is 0 Å². The maximum Gasteiger partial charge on any atom is 0.122 e. The van der Waals surface area contributed by atoms with Crippen LogP contribution in [-0.2, 0) is 0 Å². The van der Waals surface area contributed by atoms with Crippen molar-refractivity contribution < 1.29 is 0 Å². The van der Waals surface area contributed by atoms with Crippen molar-refractivity contribution in [1.29, 1.82) is 5.26 Å². The average Bonchev–Trinajstić information content (AvgIpc) is 3.19. The Morgan fingerprint density at radius 1 is 1.32 bits per heavy atom. The molecule has 2 rings (SSSR count). The molecule has 1 aliphatic heterocycles. The minimum Gasteiger partial charge on any atom is -0.298 e. The number of nitrogens with one attached hydrogen (secondary N) is 1. The molecule has 4 atom stereocenters. The SMILES string of the molecule is CCNC(C#N)(CN1CC(C)CC(C)C1C)C1CC1. The molecule has 19 heavy (non-hydrogen) atoms. The van der Waals surface area contributed by atoms with Crippen LogP contribution in [-0.4, -0.2) is 36.1 Å². The first-order valence-corrected chi connectivity index (χ1v) is 7.92. The number of rotatable bonds is 5. The lowest BCUT2D eigenvalue weighted by Crippen LogP contribution is -2.58.